The fourth-order valence-electron chi connectivity index (χ4n) is 2.52. The predicted octanol–water partition coefficient (Wildman–Crippen LogP) is 3.57. The van der Waals surface area contributed by atoms with Crippen LogP contribution in [-0.4, -0.2) is 39.2 Å². The van der Waals surface area contributed by atoms with Crippen LogP contribution < -0.4 is 10.1 Å². The van der Waals surface area contributed by atoms with Gasteiger partial charge in [-0.1, -0.05) is 30.3 Å². The highest BCUT2D eigenvalue weighted by molar-refractivity contribution is 5.80. The van der Waals surface area contributed by atoms with E-state index >= 15 is 0 Å². The fourth-order valence-corrected chi connectivity index (χ4v) is 2.52. The summed E-state index contributed by atoms with van der Waals surface area (Å²) in [5.74, 6) is 1.62. The first-order valence-electron chi connectivity index (χ1n) is 8.00. The van der Waals surface area contributed by atoms with Crippen LogP contribution in [0, 0.1) is 0 Å². The maximum Gasteiger partial charge on any atom is 0.137 e. The van der Waals surface area contributed by atoms with Gasteiger partial charge in [-0.3, -0.25) is 4.99 Å². The molecule has 0 saturated heterocycles. The molecule has 0 atom stereocenters. The van der Waals surface area contributed by atoms with Crippen LogP contribution in [0.5, 0.6) is 5.75 Å². The number of fused-ring (bicyclic) bond motifs is 1. The van der Waals surface area contributed by atoms with Crippen LogP contribution in [0.1, 0.15) is 0 Å². The summed E-state index contributed by atoms with van der Waals surface area (Å²) in [6.45, 7) is 1.63. The smallest absolute Gasteiger partial charge is 0.137 e. The molecule has 24 heavy (non-hydrogen) atoms. The van der Waals surface area contributed by atoms with E-state index in [9.17, 15) is 0 Å². The zero-order valence-corrected chi connectivity index (χ0v) is 14.3. The monoisotopic (exact) mass is 322 g/mol. The van der Waals surface area contributed by atoms with Crippen molar-refractivity contribution in [3.05, 3.63) is 60.0 Å². The van der Waals surface area contributed by atoms with E-state index in [1.807, 2.05) is 68.7 Å². The molecule has 0 radical (unpaired) electrons. The van der Waals surface area contributed by atoms with E-state index in [4.69, 9.17) is 14.1 Å². The van der Waals surface area contributed by atoms with Gasteiger partial charge >= 0.3 is 0 Å². The average molecular weight is 322 g/mol. The molecule has 0 aliphatic rings. The van der Waals surface area contributed by atoms with Crippen molar-refractivity contribution in [2.45, 2.75) is 0 Å². The van der Waals surface area contributed by atoms with Gasteiger partial charge in [-0.05, 0) is 32.3 Å². The van der Waals surface area contributed by atoms with Crippen LogP contribution in [-0.2, 0) is 0 Å². The lowest BCUT2D eigenvalue weighted by molar-refractivity contribution is 0.415. The second kappa shape index (κ2) is 7.32. The molecule has 0 fully saturated rings. The van der Waals surface area contributed by atoms with Crippen molar-refractivity contribution in [2.24, 2.45) is 4.99 Å². The number of methoxy groups -OCH3 is 1. The van der Waals surface area contributed by atoms with Gasteiger partial charge < -0.3 is 14.1 Å². The fraction of sp³-hybridized carbons (Fsp3) is 0.250. The Bertz CT molecular complexity index is 883. The van der Waals surface area contributed by atoms with E-state index in [-0.39, 0.29) is 0 Å². The molecule has 1 heterocycles. The van der Waals surface area contributed by atoms with E-state index in [0.29, 0.717) is 0 Å². The minimum atomic E-state index is 0.734. The Balaban J connectivity index is 2.16. The summed E-state index contributed by atoms with van der Waals surface area (Å²) in [6.07, 6.45) is 0. The number of ether oxygens (including phenoxy) is 1. The maximum atomic E-state index is 6.09. The van der Waals surface area contributed by atoms with Gasteiger partial charge in [-0.15, -0.1) is 0 Å². The van der Waals surface area contributed by atoms with Gasteiger partial charge in [-0.25, -0.2) is 0 Å². The van der Waals surface area contributed by atoms with Crippen molar-refractivity contribution in [2.75, 3.05) is 34.3 Å². The standard InChI is InChI=1S/C20H22N2O2/c1-22(2)12-11-21-18-14-20(15-7-5-4-6-8-15)24-19-10-9-16(23-3)13-17(18)19/h4-10,13-14H,11-12H2,1-3H3. The third-order valence-electron chi connectivity index (χ3n) is 3.84. The molecule has 3 rings (SSSR count). The van der Waals surface area contributed by atoms with Crippen molar-refractivity contribution < 1.29 is 9.15 Å². The molecule has 4 nitrogen and oxygen atoms in total. The first kappa shape index (κ1) is 16.3. The molecule has 0 spiro atoms. The van der Waals surface area contributed by atoms with Crippen LogP contribution in [0.25, 0.3) is 22.3 Å². The van der Waals surface area contributed by atoms with Crippen LogP contribution in [0.2, 0.25) is 0 Å². The normalized spacial score (nSPS) is 12.1. The summed E-state index contributed by atoms with van der Waals surface area (Å²) in [5, 5.41) is 1.89. The number of nitrogens with zero attached hydrogens (tertiary/aromatic N) is 2. The molecule has 124 valence electrons. The first-order valence-corrected chi connectivity index (χ1v) is 8.00. The van der Waals surface area contributed by atoms with E-state index in [1.165, 1.54) is 0 Å². The Hall–Kier alpha value is -2.59. The lowest BCUT2D eigenvalue weighted by atomic mass is 10.1. The molecule has 0 amide bonds. The molecule has 3 aromatic rings. The topological polar surface area (TPSA) is 38.0 Å². The summed E-state index contributed by atoms with van der Waals surface area (Å²) in [5.41, 5.74) is 1.85. The zero-order chi connectivity index (χ0) is 16.9. The van der Waals surface area contributed by atoms with Gasteiger partial charge in [-0.2, -0.15) is 0 Å². The Morgan fingerprint density at radius 3 is 2.54 bits per heavy atom. The third-order valence-corrected chi connectivity index (χ3v) is 3.84. The van der Waals surface area contributed by atoms with E-state index in [1.54, 1.807) is 7.11 Å². The molecule has 2 aromatic carbocycles. The number of benzene rings is 2. The van der Waals surface area contributed by atoms with E-state index in [2.05, 4.69) is 4.90 Å². The molecule has 0 aliphatic heterocycles. The quantitative estimate of drug-likeness (QED) is 0.721. The lowest BCUT2D eigenvalue weighted by Crippen LogP contribution is -2.17. The summed E-state index contributed by atoms with van der Waals surface area (Å²) in [7, 11) is 5.76. The number of rotatable bonds is 5. The lowest BCUT2D eigenvalue weighted by Gasteiger charge is -2.08. The molecule has 1 aromatic heterocycles. The Labute approximate surface area is 142 Å². The summed E-state index contributed by atoms with van der Waals surface area (Å²) >= 11 is 0. The molecular formula is C20H22N2O2. The molecule has 4 heteroatoms. The number of hydrogen-bond donors (Lipinski definition) is 0. The van der Waals surface area contributed by atoms with Crippen molar-refractivity contribution in [1.29, 1.82) is 0 Å². The van der Waals surface area contributed by atoms with Crippen molar-refractivity contribution in [3.8, 4) is 17.1 Å². The maximum absolute atomic E-state index is 6.09. The largest absolute Gasteiger partial charge is 0.497 e. The van der Waals surface area contributed by atoms with Crippen molar-refractivity contribution in [1.82, 2.24) is 4.90 Å². The second-order valence-corrected chi connectivity index (χ2v) is 5.91. The summed E-state index contributed by atoms with van der Waals surface area (Å²) in [6, 6.07) is 17.9. The Kier molecular flexibility index (Phi) is 4.96. The highest BCUT2D eigenvalue weighted by Gasteiger charge is 2.07. The van der Waals surface area contributed by atoms with E-state index in [0.717, 1.165) is 46.5 Å². The molecule has 0 unspecified atom stereocenters. The third kappa shape index (κ3) is 3.66. The van der Waals surface area contributed by atoms with Gasteiger partial charge in [0.2, 0.25) is 0 Å². The van der Waals surface area contributed by atoms with E-state index < -0.39 is 0 Å². The molecule has 0 saturated carbocycles. The summed E-state index contributed by atoms with van der Waals surface area (Å²) < 4.78 is 11.4. The van der Waals surface area contributed by atoms with Crippen LogP contribution in [0.15, 0.2) is 64.0 Å². The van der Waals surface area contributed by atoms with Crippen LogP contribution in [0.4, 0.5) is 0 Å². The number of hydrogen-bond acceptors (Lipinski definition) is 4. The minimum Gasteiger partial charge on any atom is -0.497 e. The molecule has 0 aliphatic carbocycles. The van der Waals surface area contributed by atoms with Crippen molar-refractivity contribution in [3.63, 3.8) is 0 Å². The van der Waals surface area contributed by atoms with Crippen molar-refractivity contribution >= 4 is 11.0 Å². The van der Waals surface area contributed by atoms with Gasteiger partial charge in [0.15, 0.2) is 0 Å². The Morgan fingerprint density at radius 1 is 1.04 bits per heavy atom. The van der Waals surface area contributed by atoms with Gasteiger partial charge in [0.05, 0.1) is 19.0 Å². The number of likely N-dealkylation sites (N-methyl/N-ethyl adjacent to an activating group) is 1. The predicted molar refractivity (Wildman–Crippen MR) is 97.2 cm³/mol. The molecule has 0 N–H and O–H groups in total. The van der Waals surface area contributed by atoms with Crippen LogP contribution in [0.3, 0.4) is 0 Å². The average Bonchev–Trinajstić information content (AvgIpc) is 2.61. The summed E-state index contributed by atoms with van der Waals surface area (Å²) in [4.78, 5) is 6.90. The first-order chi connectivity index (χ1) is 11.7. The van der Waals surface area contributed by atoms with Gasteiger partial charge in [0.25, 0.3) is 0 Å². The zero-order valence-electron chi connectivity index (χ0n) is 14.3. The van der Waals surface area contributed by atoms with Gasteiger partial charge in [0, 0.05) is 23.6 Å². The Morgan fingerprint density at radius 2 is 1.83 bits per heavy atom. The van der Waals surface area contributed by atoms with Crippen LogP contribution >= 0.6 is 0 Å². The highest BCUT2D eigenvalue weighted by atomic mass is 16.5. The van der Waals surface area contributed by atoms with Gasteiger partial charge in [0.1, 0.15) is 17.1 Å². The SMILES string of the molecule is COc1ccc2oc(-c3ccccc3)cc(=NCCN(C)C)c2c1. The highest BCUT2D eigenvalue weighted by Crippen LogP contribution is 2.24. The molecule has 0 bridgehead atoms. The molecular weight excluding hydrogens is 300 g/mol. The second-order valence-electron chi connectivity index (χ2n) is 5.91. The minimum absolute atomic E-state index is 0.734.